The van der Waals surface area contributed by atoms with Gasteiger partial charge in [0.25, 0.3) is 0 Å². The molecule has 3 unspecified atom stereocenters. The highest BCUT2D eigenvalue weighted by atomic mass is 19.4. The van der Waals surface area contributed by atoms with Crippen LogP contribution in [0.25, 0.3) is 0 Å². The zero-order valence-electron chi connectivity index (χ0n) is 7.90. The molecule has 86 valence electrons. The molecule has 2 aliphatic carbocycles. The molecule has 0 aromatic heterocycles. The van der Waals surface area contributed by atoms with E-state index in [0.29, 0.717) is 6.42 Å². The van der Waals surface area contributed by atoms with Gasteiger partial charge < -0.3 is 0 Å². The predicted molar refractivity (Wildman–Crippen MR) is 44.5 cm³/mol. The molecule has 3 atom stereocenters. The lowest BCUT2D eigenvalue weighted by Gasteiger charge is -2.25. The number of rotatable bonds is 2. The number of allylic oxidation sites excluding steroid dienone is 2. The Morgan fingerprint density at radius 1 is 1.00 bits per heavy atom. The minimum atomic E-state index is -5.40. The lowest BCUT2D eigenvalue weighted by atomic mass is 9.88. The molecule has 1 saturated carbocycles. The van der Waals surface area contributed by atoms with Crippen LogP contribution >= 0.6 is 0 Å². The van der Waals surface area contributed by atoms with Crippen molar-refractivity contribution in [3.63, 3.8) is 0 Å². The maximum Gasteiger partial charge on any atom is 0.453 e. The van der Waals surface area contributed by atoms with Crippen LogP contribution in [0, 0.1) is 17.8 Å². The number of fused-ring (bicyclic) bond motifs is 2. The third kappa shape index (κ3) is 1.88. The number of hydrogen-bond acceptors (Lipinski definition) is 0. The van der Waals surface area contributed by atoms with Crippen molar-refractivity contribution >= 4 is 0 Å². The molecule has 15 heavy (non-hydrogen) atoms. The average Bonchev–Trinajstić information content (AvgIpc) is 2.61. The molecule has 2 aliphatic rings. The summed E-state index contributed by atoms with van der Waals surface area (Å²) in [5, 5.41) is 0. The lowest BCUT2D eigenvalue weighted by Crippen LogP contribution is -2.38. The summed E-state index contributed by atoms with van der Waals surface area (Å²) >= 11 is 0. The summed E-state index contributed by atoms with van der Waals surface area (Å²) in [6, 6.07) is 0. The summed E-state index contributed by atoms with van der Waals surface area (Å²) in [6.45, 7) is 0. The van der Waals surface area contributed by atoms with E-state index in [0.717, 1.165) is 6.42 Å². The Hall–Kier alpha value is -0.610. The van der Waals surface area contributed by atoms with Crippen molar-refractivity contribution in [1.82, 2.24) is 0 Å². The highest BCUT2D eigenvalue weighted by molar-refractivity contribution is 5.10. The molecule has 0 saturated heterocycles. The van der Waals surface area contributed by atoms with Crippen LogP contribution < -0.4 is 0 Å². The Kier molecular flexibility index (Phi) is 2.32. The fourth-order valence-corrected chi connectivity index (χ4v) is 2.57. The minimum absolute atomic E-state index is 0.0665. The molecule has 0 radical (unpaired) electrons. The normalized spacial score (nSPS) is 35.1. The van der Waals surface area contributed by atoms with Crippen molar-refractivity contribution in [2.24, 2.45) is 17.8 Å². The predicted octanol–water partition coefficient (Wildman–Crippen LogP) is 3.79. The van der Waals surface area contributed by atoms with Crippen LogP contribution in [0.3, 0.4) is 0 Å². The Balaban J connectivity index is 2.01. The minimum Gasteiger partial charge on any atom is -0.196 e. The van der Waals surface area contributed by atoms with Gasteiger partial charge in [-0.05, 0) is 30.6 Å². The van der Waals surface area contributed by atoms with Gasteiger partial charge in [-0.25, -0.2) is 0 Å². The van der Waals surface area contributed by atoms with Gasteiger partial charge in [-0.15, -0.1) is 0 Å². The van der Waals surface area contributed by atoms with Gasteiger partial charge >= 0.3 is 12.1 Å². The van der Waals surface area contributed by atoms with Crippen molar-refractivity contribution < 1.29 is 22.0 Å². The van der Waals surface area contributed by atoms with Crippen molar-refractivity contribution in [1.29, 1.82) is 0 Å². The van der Waals surface area contributed by atoms with E-state index >= 15 is 0 Å². The van der Waals surface area contributed by atoms with Crippen molar-refractivity contribution in [2.75, 3.05) is 0 Å². The monoisotopic (exact) mass is 226 g/mol. The summed E-state index contributed by atoms with van der Waals surface area (Å²) in [6.07, 6.45) is -1.52. The first kappa shape index (κ1) is 10.9. The van der Waals surface area contributed by atoms with Crippen LogP contribution in [0.5, 0.6) is 0 Å². The van der Waals surface area contributed by atoms with Gasteiger partial charge in [0.2, 0.25) is 0 Å². The summed E-state index contributed by atoms with van der Waals surface area (Å²) in [4.78, 5) is 0. The molecule has 0 heterocycles. The molecule has 0 N–H and O–H groups in total. The summed E-state index contributed by atoms with van der Waals surface area (Å²) in [5.74, 6) is -4.88. The van der Waals surface area contributed by atoms with E-state index in [4.69, 9.17) is 0 Å². The lowest BCUT2D eigenvalue weighted by molar-refractivity contribution is -0.288. The smallest absolute Gasteiger partial charge is 0.196 e. The third-order valence-electron chi connectivity index (χ3n) is 3.35. The van der Waals surface area contributed by atoms with Gasteiger partial charge in [-0.2, -0.15) is 22.0 Å². The number of hydrogen-bond donors (Lipinski definition) is 0. The first-order valence-electron chi connectivity index (χ1n) is 4.92. The fourth-order valence-electron chi connectivity index (χ4n) is 2.57. The number of alkyl halides is 5. The summed E-state index contributed by atoms with van der Waals surface area (Å²) in [7, 11) is 0. The zero-order chi connectivity index (χ0) is 11.3. The van der Waals surface area contributed by atoms with Crippen LogP contribution in [0.2, 0.25) is 0 Å². The van der Waals surface area contributed by atoms with E-state index in [1.807, 2.05) is 6.08 Å². The van der Waals surface area contributed by atoms with Crippen LogP contribution in [-0.4, -0.2) is 12.1 Å². The fraction of sp³-hybridized carbons (Fsp3) is 0.800. The van der Waals surface area contributed by atoms with Crippen molar-refractivity contribution in [3.8, 4) is 0 Å². The molecule has 0 aromatic carbocycles. The van der Waals surface area contributed by atoms with E-state index in [1.54, 1.807) is 6.08 Å². The van der Waals surface area contributed by atoms with E-state index in [2.05, 4.69) is 0 Å². The molecular formula is C10H11F5. The topological polar surface area (TPSA) is 0 Å². The second-order valence-electron chi connectivity index (χ2n) is 4.45. The van der Waals surface area contributed by atoms with Gasteiger partial charge in [-0.3, -0.25) is 0 Å². The van der Waals surface area contributed by atoms with E-state index in [9.17, 15) is 22.0 Å². The van der Waals surface area contributed by atoms with Gasteiger partial charge in [0.05, 0.1) is 0 Å². The van der Waals surface area contributed by atoms with Gasteiger partial charge in [0.15, 0.2) is 0 Å². The molecular weight excluding hydrogens is 215 g/mol. The molecule has 0 spiro atoms. The molecule has 0 aliphatic heterocycles. The number of halogens is 5. The molecule has 5 heteroatoms. The van der Waals surface area contributed by atoms with Gasteiger partial charge in [0, 0.05) is 6.42 Å². The SMILES string of the molecule is FC(F)(F)C(F)(F)CC1CC2C=CC1C2. The molecule has 2 bridgehead atoms. The van der Waals surface area contributed by atoms with Crippen LogP contribution in [0.4, 0.5) is 22.0 Å². The highest BCUT2D eigenvalue weighted by Crippen LogP contribution is 2.50. The maximum absolute atomic E-state index is 12.8. The quantitative estimate of drug-likeness (QED) is 0.496. The van der Waals surface area contributed by atoms with Crippen molar-refractivity contribution in [3.05, 3.63) is 12.2 Å². The van der Waals surface area contributed by atoms with Gasteiger partial charge in [-0.1, -0.05) is 12.2 Å². The summed E-state index contributed by atoms with van der Waals surface area (Å²) in [5.41, 5.74) is 0. The Morgan fingerprint density at radius 2 is 1.67 bits per heavy atom. The molecule has 0 aromatic rings. The van der Waals surface area contributed by atoms with E-state index in [-0.39, 0.29) is 11.8 Å². The highest BCUT2D eigenvalue weighted by Gasteiger charge is 2.59. The standard InChI is InChI=1S/C10H11F5/c11-9(12,10(13,14)15)5-8-4-6-1-2-7(8)3-6/h1-2,6-8H,3-5H2. The Bertz CT molecular complexity index is 278. The maximum atomic E-state index is 12.8. The zero-order valence-corrected chi connectivity index (χ0v) is 7.90. The van der Waals surface area contributed by atoms with Crippen LogP contribution in [-0.2, 0) is 0 Å². The van der Waals surface area contributed by atoms with Crippen molar-refractivity contribution in [2.45, 2.75) is 31.4 Å². The Labute approximate surface area is 84.2 Å². The van der Waals surface area contributed by atoms with E-state index in [1.165, 1.54) is 0 Å². The first-order valence-corrected chi connectivity index (χ1v) is 4.92. The van der Waals surface area contributed by atoms with Crippen LogP contribution in [0.15, 0.2) is 12.2 Å². The van der Waals surface area contributed by atoms with Gasteiger partial charge in [0.1, 0.15) is 0 Å². The van der Waals surface area contributed by atoms with E-state index < -0.39 is 24.4 Å². The average molecular weight is 226 g/mol. The second kappa shape index (κ2) is 3.19. The Morgan fingerprint density at radius 3 is 2.07 bits per heavy atom. The summed E-state index contributed by atoms with van der Waals surface area (Å²) < 4.78 is 61.4. The molecule has 1 fully saturated rings. The second-order valence-corrected chi connectivity index (χ2v) is 4.45. The molecule has 2 rings (SSSR count). The third-order valence-corrected chi connectivity index (χ3v) is 3.35. The largest absolute Gasteiger partial charge is 0.453 e. The molecule has 0 nitrogen and oxygen atoms in total. The molecule has 0 amide bonds. The first-order chi connectivity index (χ1) is 6.79. The van der Waals surface area contributed by atoms with Crippen LogP contribution in [0.1, 0.15) is 19.3 Å².